The number of hydrogen-bond acceptors (Lipinski definition) is 9. The van der Waals surface area contributed by atoms with E-state index in [0.717, 1.165) is 16.7 Å². The van der Waals surface area contributed by atoms with Crippen LogP contribution in [0.25, 0.3) is 0 Å². The third kappa shape index (κ3) is 10.4. The van der Waals surface area contributed by atoms with Gasteiger partial charge in [-0.3, -0.25) is 33.6 Å². The molecule has 0 fully saturated rings. The van der Waals surface area contributed by atoms with Crippen LogP contribution in [-0.2, 0) is 33.6 Å². The standard InChI is InChI=1S/C30H22N2O4.C14H10N2O2.C8H7ClO/c33-27(15-19-7-3-1-4-8-19)31-21-11-13-23-25(17-21)30(36)26-18-22(12-14-24(26)29(23)35)32-28(34)16-20-9-5-2-6-10-20;15-7-1-3-9-11(5-7)14(18)12-6-8(16)2-4-10(12)13(9)17;9-8(10)6-7-4-2-1-3-5-7/h1-14,17-18H,15-16H2,(H,31,33)(H,32,34);1-6H,15-16H2;1-5H,6H2. The average molecular weight is 867 g/mol. The molecule has 9 rings (SSSR count). The molecule has 0 saturated heterocycles. The van der Waals surface area contributed by atoms with Gasteiger partial charge >= 0.3 is 0 Å². The Balaban J connectivity index is 0.000000179. The number of amides is 2. The monoisotopic (exact) mass is 866 g/mol. The lowest BCUT2D eigenvalue weighted by Gasteiger charge is -2.19. The molecule has 0 spiro atoms. The zero-order valence-electron chi connectivity index (χ0n) is 34.1. The van der Waals surface area contributed by atoms with E-state index < -0.39 is 0 Å². The van der Waals surface area contributed by atoms with Crippen molar-refractivity contribution in [3.05, 3.63) is 225 Å². The van der Waals surface area contributed by atoms with Crippen molar-refractivity contribution in [2.24, 2.45) is 0 Å². The van der Waals surface area contributed by atoms with Crippen molar-refractivity contribution in [3.8, 4) is 0 Å². The first-order chi connectivity index (χ1) is 30.8. The van der Waals surface area contributed by atoms with Crippen LogP contribution in [0.2, 0.25) is 0 Å². The SMILES string of the molecule is Nc1ccc2c(c1)C(=O)c1cc(N)ccc1C2=O.O=C(Cc1ccccc1)Nc1ccc2c(c1)C(=O)c1cc(NC(=O)Cc3ccccc3)ccc1C2=O.O=C(Cl)Cc1ccccc1. The minimum atomic E-state index is -0.335. The van der Waals surface area contributed by atoms with Crippen molar-refractivity contribution in [2.75, 3.05) is 22.1 Å². The van der Waals surface area contributed by atoms with Crippen molar-refractivity contribution in [1.29, 1.82) is 0 Å². The van der Waals surface area contributed by atoms with Crippen LogP contribution in [0.4, 0.5) is 22.7 Å². The van der Waals surface area contributed by atoms with Gasteiger partial charge in [0.05, 0.1) is 12.8 Å². The molecule has 0 aliphatic heterocycles. The largest absolute Gasteiger partial charge is 0.399 e. The third-order valence-electron chi connectivity index (χ3n) is 10.3. The van der Waals surface area contributed by atoms with Gasteiger partial charge in [-0.25, -0.2) is 0 Å². The minimum absolute atomic E-state index is 0.167. The van der Waals surface area contributed by atoms with Crippen LogP contribution in [0.1, 0.15) is 80.4 Å². The van der Waals surface area contributed by atoms with Gasteiger partial charge < -0.3 is 22.1 Å². The number of carbonyl (C=O) groups excluding carboxylic acids is 7. The highest BCUT2D eigenvalue weighted by Crippen LogP contribution is 2.32. The summed E-state index contributed by atoms with van der Waals surface area (Å²) in [4.78, 5) is 86.3. The van der Waals surface area contributed by atoms with E-state index in [-0.39, 0.29) is 75.3 Å². The van der Waals surface area contributed by atoms with Crippen molar-refractivity contribution >= 4 is 74.5 Å². The molecule has 2 amide bonds. The molecule has 0 radical (unpaired) electrons. The van der Waals surface area contributed by atoms with Crippen molar-refractivity contribution < 1.29 is 33.6 Å². The molecule has 2 aliphatic rings. The van der Waals surface area contributed by atoms with Crippen LogP contribution in [0.3, 0.4) is 0 Å². The number of nitrogen functional groups attached to an aromatic ring is 2. The number of ketones is 4. The number of halogens is 1. The summed E-state index contributed by atoms with van der Waals surface area (Å²) in [5.41, 5.74) is 18.3. The van der Waals surface area contributed by atoms with Gasteiger partial charge in [-0.2, -0.15) is 0 Å². The molecule has 0 unspecified atom stereocenters. The van der Waals surface area contributed by atoms with Crippen molar-refractivity contribution in [3.63, 3.8) is 0 Å². The molecule has 0 aromatic heterocycles. The highest BCUT2D eigenvalue weighted by Gasteiger charge is 2.31. The number of rotatable bonds is 8. The Kier molecular flexibility index (Phi) is 13.4. The molecule has 7 aromatic carbocycles. The summed E-state index contributed by atoms with van der Waals surface area (Å²) in [6.07, 6.45) is 0.710. The van der Waals surface area contributed by atoms with Gasteiger partial charge in [-0.15, -0.1) is 0 Å². The maximum absolute atomic E-state index is 13.3. The lowest BCUT2D eigenvalue weighted by molar-refractivity contribution is -0.116. The third-order valence-corrected chi connectivity index (χ3v) is 10.4. The number of nitrogens with two attached hydrogens (primary N) is 2. The quantitative estimate of drug-likeness (QED) is 0.0856. The summed E-state index contributed by atoms with van der Waals surface area (Å²) < 4.78 is 0. The fraction of sp³-hybridized carbons (Fsp3) is 0.0577. The molecule has 2 aliphatic carbocycles. The van der Waals surface area contributed by atoms with Gasteiger partial charge in [0.25, 0.3) is 0 Å². The normalized spacial score (nSPS) is 11.8. The first-order valence-corrected chi connectivity index (χ1v) is 20.4. The maximum atomic E-state index is 13.3. The zero-order chi connectivity index (χ0) is 45.3. The Hall–Kier alpha value is -8.28. The van der Waals surface area contributed by atoms with E-state index in [2.05, 4.69) is 10.6 Å². The van der Waals surface area contributed by atoms with Gasteiger partial charge in [0.15, 0.2) is 23.1 Å². The summed E-state index contributed by atoms with van der Waals surface area (Å²) in [7, 11) is 0. The Labute approximate surface area is 373 Å². The first-order valence-electron chi connectivity index (χ1n) is 20.0. The second-order valence-electron chi connectivity index (χ2n) is 14.9. The Morgan fingerprint density at radius 2 is 0.672 bits per heavy atom. The van der Waals surface area contributed by atoms with Crippen LogP contribution in [0.15, 0.2) is 164 Å². The molecule has 0 bridgehead atoms. The van der Waals surface area contributed by atoms with E-state index in [1.165, 1.54) is 24.3 Å². The van der Waals surface area contributed by atoms with Crippen molar-refractivity contribution in [2.45, 2.75) is 19.3 Å². The molecule has 0 saturated carbocycles. The molecule has 0 atom stereocenters. The van der Waals surface area contributed by atoms with Gasteiger partial charge in [0.2, 0.25) is 17.1 Å². The molecule has 11 nitrogen and oxygen atoms in total. The van der Waals surface area contributed by atoms with Crippen LogP contribution in [0.5, 0.6) is 0 Å². The van der Waals surface area contributed by atoms with Crippen LogP contribution in [0, 0.1) is 0 Å². The average Bonchev–Trinajstić information content (AvgIpc) is 3.28. The fourth-order valence-electron chi connectivity index (χ4n) is 7.22. The van der Waals surface area contributed by atoms with Gasteiger partial charge in [0.1, 0.15) is 0 Å². The lowest BCUT2D eigenvalue weighted by Crippen LogP contribution is -2.22. The summed E-state index contributed by atoms with van der Waals surface area (Å²) in [6.45, 7) is 0. The molecule has 7 aromatic rings. The number of nitrogens with one attached hydrogen (secondary N) is 2. The Morgan fingerprint density at radius 1 is 0.375 bits per heavy atom. The van der Waals surface area contributed by atoms with E-state index >= 15 is 0 Å². The molecular weight excluding hydrogens is 828 g/mol. The van der Waals surface area contributed by atoms with Crippen LogP contribution in [-0.4, -0.2) is 40.2 Å². The molecule has 0 heterocycles. The topological polar surface area (TPSA) is 196 Å². The summed E-state index contributed by atoms with van der Waals surface area (Å²) >= 11 is 5.17. The number of anilines is 4. The van der Waals surface area contributed by atoms with E-state index in [4.69, 9.17) is 23.1 Å². The molecule has 6 N–H and O–H groups in total. The molecule has 12 heteroatoms. The number of carbonyl (C=O) groups is 7. The zero-order valence-corrected chi connectivity index (χ0v) is 34.9. The lowest BCUT2D eigenvalue weighted by atomic mass is 9.83. The summed E-state index contributed by atoms with van der Waals surface area (Å²) in [5, 5.41) is 5.29. The number of benzene rings is 7. The highest BCUT2D eigenvalue weighted by atomic mass is 35.5. The summed E-state index contributed by atoms with van der Waals surface area (Å²) in [6, 6.07) is 47.0. The highest BCUT2D eigenvalue weighted by molar-refractivity contribution is 6.63. The van der Waals surface area contributed by atoms with E-state index in [0.29, 0.717) is 51.4 Å². The summed E-state index contributed by atoms with van der Waals surface area (Å²) in [5.74, 6) is -1.43. The van der Waals surface area contributed by atoms with E-state index in [1.807, 2.05) is 91.0 Å². The second kappa shape index (κ2) is 19.6. The number of hydrogen-bond donors (Lipinski definition) is 4. The first kappa shape index (κ1) is 43.8. The Bertz CT molecular complexity index is 2800. The Morgan fingerprint density at radius 3 is 1.02 bits per heavy atom. The van der Waals surface area contributed by atoms with E-state index in [9.17, 15) is 33.6 Å². The van der Waals surface area contributed by atoms with Gasteiger partial charge in [-0.05, 0) is 101 Å². The van der Waals surface area contributed by atoms with Gasteiger partial charge in [0, 0.05) is 73.7 Å². The molecule has 316 valence electrons. The maximum Gasteiger partial charge on any atom is 0.228 e. The van der Waals surface area contributed by atoms with Crippen LogP contribution < -0.4 is 22.1 Å². The predicted molar refractivity (Wildman–Crippen MR) is 247 cm³/mol. The van der Waals surface area contributed by atoms with Gasteiger partial charge in [-0.1, -0.05) is 91.0 Å². The fourth-order valence-corrected chi connectivity index (χ4v) is 7.38. The number of fused-ring (bicyclic) bond motifs is 4. The van der Waals surface area contributed by atoms with Crippen molar-refractivity contribution in [1.82, 2.24) is 0 Å². The van der Waals surface area contributed by atoms with E-state index in [1.54, 1.807) is 48.5 Å². The molecular formula is C52H39ClN4O7. The molecule has 64 heavy (non-hydrogen) atoms. The second-order valence-corrected chi connectivity index (χ2v) is 15.3. The predicted octanol–water partition coefficient (Wildman–Crippen LogP) is 8.45. The smallest absolute Gasteiger partial charge is 0.228 e. The minimum Gasteiger partial charge on any atom is -0.399 e. The van der Waals surface area contributed by atoms with Crippen LogP contribution >= 0.6 is 11.6 Å².